The van der Waals surface area contributed by atoms with Crippen LogP contribution in [0.2, 0.25) is 0 Å². The second-order valence-electron chi connectivity index (χ2n) is 5.06. The van der Waals surface area contributed by atoms with Crippen LogP contribution in [0.3, 0.4) is 0 Å². The zero-order valence-electron chi connectivity index (χ0n) is 12.3. The van der Waals surface area contributed by atoms with Gasteiger partial charge in [-0.25, -0.2) is 0 Å². The van der Waals surface area contributed by atoms with E-state index in [0.717, 1.165) is 36.5 Å². The van der Waals surface area contributed by atoms with Crippen molar-refractivity contribution >= 4 is 0 Å². The number of aryl methyl sites for hydroxylation is 1. The minimum Gasteiger partial charge on any atom is -0.496 e. The SMILES string of the molecule is CCCNCC(C)Cc1ncc(C)c(OC)c1C. The van der Waals surface area contributed by atoms with Gasteiger partial charge in [0.1, 0.15) is 5.75 Å². The molecule has 1 unspecified atom stereocenters. The molecule has 3 heteroatoms. The molecule has 1 atom stereocenters. The molecule has 1 rings (SSSR count). The minimum atomic E-state index is 0.593. The summed E-state index contributed by atoms with van der Waals surface area (Å²) in [6.45, 7) is 10.7. The first-order valence-electron chi connectivity index (χ1n) is 6.79. The molecule has 0 aliphatic heterocycles. The molecule has 1 heterocycles. The smallest absolute Gasteiger partial charge is 0.128 e. The lowest BCUT2D eigenvalue weighted by Crippen LogP contribution is -2.23. The molecule has 0 fully saturated rings. The number of nitrogens with one attached hydrogen (secondary N) is 1. The number of nitrogens with zero attached hydrogens (tertiary/aromatic N) is 1. The lowest BCUT2D eigenvalue weighted by atomic mass is 10.0. The van der Waals surface area contributed by atoms with E-state index >= 15 is 0 Å². The molecule has 0 aromatic carbocycles. The highest BCUT2D eigenvalue weighted by Crippen LogP contribution is 2.25. The molecular formula is C15H26N2O. The predicted molar refractivity (Wildman–Crippen MR) is 76.3 cm³/mol. The van der Waals surface area contributed by atoms with Crippen LogP contribution in [-0.2, 0) is 6.42 Å². The third kappa shape index (κ3) is 3.98. The first-order valence-corrected chi connectivity index (χ1v) is 6.79. The number of hydrogen-bond acceptors (Lipinski definition) is 3. The van der Waals surface area contributed by atoms with Gasteiger partial charge in [0.15, 0.2) is 0 Å². The second kappa shape index (κ2) is 7.37. The standard InChI is InChI=1S/C15H26N2O/c1-6-7-16-9-11(2)8-14-13(4)15(18-5)12(3)10-17-14/h10-11,16H,6-9H2,1-5H3. The topological polar surface area (TPSA) is 34.2 Å². The molecule has 0 amide bonds. The van der Waals surface area contributed by atoms with E-state index in [0.29, 0.717) is 5.92 Å². The van der Waals surface area contributed by atoms with Crippen molar-refractivity contribution in [3.8, 4) is 5.75 Å². The van der Waals surface area contributed by atoms with E-state index in [-0.39, 0.29) is 0 Å². The Balaban J connectivity index is 2.67. The predicted octanol–water partition coefficient (Wildman–Crippen LogP) is 2.89. The van der Waals surface area contributed by atoms with Crippen LogP contribution in [0.1, 0.15) is 37.1 Å². The molecule has 0 radical (unpaired) electrons. The van der Waals surface area contributed by atoms with Gasteiger partial charge in [-0.15, -0.1) is 0 Å². The Morgan fingerprint density at radius 2 is 2.11 bits per heavy atom. The van der Waals surface area contributed by atoms with Crippen molar-refractivity contribution in [1.29, 1.82) is 0 Å². The van der Waals surface area contributed by atoms with Gasteiger partial charge in [-0.2, -0.15) is 0 Å². The van der Waals surface area contributed by atoms with Crippen molar-refractivity contribution in [1.82, 2.24) is 10.3 Å². The van der Waals surface area contributed by atoms with E-state index < -0.39 is 0 Å². The zero-order chi connectivity index (χ0) is 13.5. The summed E-state index contributed by atoms with van der Waals surface area (Å²) in [6.07, 6.45) is 4.09. The Labute approximate surface area is 111 Å². The van der Waals surface area contributed by atoms with Crippen molar-refractivity contribution in [2.45, 2.75) is 40.5 Å². The fourth-order valence-electron chi connectivity index (χ4n) is 2.20. The highest BCUT2D eigenvalue weighted by Gasteiger charge is 2.12. The maximum absolute atomic E-state index is 5.44. The Hall–Kier alpha value is -1.09. The molecule has 0 saturated carbocycles. The summed E-state index contributed by atoms with van der Waals surface area (Å²) in [5, 5.41) is 3.46. The molecule has 102 valence electrons. The molecule has 0 spiro atoms. The van der Waals surface area contributed by atoms with Gasteiger partial charge in [0, 0.05) is 23.0 Å². The van der Waals surface area contributed by atoms with Crippen LogP contribution >= 0.6 is 0 Å². The van der Waals surface area contributed by atoms with Crippen LogP contribution in [-0.4, -0.2) is 25.2 Å². The fourth-order valence-corrected chi connectivity index (χ4v) is 2.20. The van der Waals surface area contributed by atoms with Crippen molar-refractivity contribution in [2.75, 3.05) is 20.2 Å². The summed E-state index contributed by atoms with van der Waals surface area (Å²) in [4.78, 5) is 4.55. The monoisotopic (exact) mass is 250 g/mol. The Morgan fingerprint density at radius 3 is 2.72 bits per heavy atom. The third-order valence-electron chi connectivity index (χ3n) is 3.21. The van der Waals surface area contributed by atoms with E-state index in [1.807, 2.05) is 13.1 Å². The maximum atomic E-state index is 5.44. The van der Waals surface area contributed by atoms with Crippen LogP contribution in [0.4, 0.5) is 0 Å². The van der Waals surface area contributed by atoms with Gasteiger partial charge in [-0.3, -0.25) is 4.98 Å². The first-order chi connectivity index (χ1) is 8.60. The van der Waals surface area contributed by atoms with Gasteiger partial charge in [0.25, 0.3) is 0 Å². The van der Waals surface area contributed by atoms with E-state index in [4.69, 9.17) is 4.74 Å². The molecule has 0 aliphatic rings. The minimum absolute atomic E-state index is 0.593. The van der Waals surface area contributed by atoms with Crippen molar-refractivity contribution in [2.24, 2.45) is 5.92 Å². The Morgan fingerprint density at radius 1 is 1.39 bits per heavy atom. The number of pyridine rings is 1. The van der Waals surface area contributed by atoms with Crippen LogP contribution in [0.15, 0.2) is 6.20 Å². The largest absolute Gasteiger partial charge is 0.496 e. The van der Waals surface area contributed by atoms with Gasteiger partial charge < -0.3 is 10.1 Å². The van der Waals surface area contributed by atoms with E-state index in [2.05, 4.69) is 31.1 Å². The van der Waals surface area contributed by atoms with Gasteiger partial charge in [-0.1, -0.05) is 13.8 Å². The summed E-state index contributed by atoms with van der Waals surface area (Å²) in [7, 11) is 1.73. The average Bonchev–Trinajstić information content (AvgIpc) is 2.34. The van der Waals surface area contributed by atoms with Crippen LogP contribution in [0.5, 0.6) is 5.75 Å². The van der Waals surface area contributed by atoms with Crippen molar-refractivity contribution in [3.63, 3.8) is 0 Å². The highest BCUT2D eigenvalue weighted by molar-refractivity contribution is 5.41. The summed E-state index contributed by atoms with van der Waals surface area (Å²) in [5.74, 6) is 1.57. The van der Waals surface area contributed by atoms with Crippen LogP contribution in [0, 0.1) is 19.8 Å². The molecule has 1 aromatic rings. The summed E-state index contributed by atoms with van der Waals surface area (Å²) in [5.41, 5.74) is 3.44. The van der Waals surface area contributed by atoms with Gasteiger partial charge in [0.2, 0.25) is 0 Å². The zero-order valence-corrected chi connectivity index (χ0v) is 12.3. The number of aromatic nitrogens is 1. The van der Waals surface area contributed by atoms with Gasteiger partial charge in [0.05, 0.1) is 7.11 Å². The number of rotatable bonds is 7. The van der Waals surface area contributed by atoms with Crippen LogP contribution < -0.4 is 10.1 Å². The second-order valence-corrected chi connectivity index (χ2v) is 5.06. The number of methoxy groups -OCH3 is 1. The lowest BCUT2D eigenvalue weighted by molar-refractivity contribution is 0.405. The lowest BCUT2D eigenvalue weighted by Gasteiger charge is -2.16. The molecule has 1 aromatic heterocycles. The molecule has 0 aliphatic carbocycles. The van der Waals surface area contributed by atoms with Crippen LogP contribution in [0.25, 0.3) is 0 Å². The van der Waals surface area contributed by atoms with E-state index in [1.54, 1.807) is 7.11 Å². The van der Waals surface area contributed by atoms with E-state index in [1.165, 1.54) is 12.0 Å². The fraction of sp³-hybridized carbons (Fsp3) is 0.667. The number of ether oxygens (including phenoxy) is 1. The summed E-state index contributed by atoms with van der Waals surface area (Å²) in [6, 6.07) is 0. The molecular weight excluding hydrogens is 224 g/mol. The number of hydrogen-bond donors (Lipinski definition) is 1. The van der Waals surface area contributed by atoms with E-state index in [9.17, 15) is 0 Å². The normalized spacial score (nSPS) is 12.5. The molecule has 18 heavy (non-hydrogen) atoms. The first kappa shape index (κ1) is 15.0. The molecule has 3 nitrogen and oxygen atoms in total. The summed E-state index contributed by atoms with van der Waals surface area (Å²) >= 11 is 0. The average molecular weight is 250 g/mol. The van der Waals surface area contributed by atoms with Crippen molar-refractivity contribution in [3.05, 3.63) is 23.0 Å². The quantitative estimate of drug-likeness (QED) is 0.756. The van der Waals surface area contributed by atoms with Crippen molar-refractivity contribution < 1.29 is 4.74 Å². The molecule has 0 saturated heterocycles. The Kier molecular flexibility index (Phi) is 6.13. The van der Waals surface area contributed by atoms with Gasteiger partial charge >= 0.3 is 0 Å². The maximum Gasteiger partial charge on any atom is 0.128 e. The summed E-state index contributed by atoms with van der Waals surface area (Å²) < 4.78 is 5.44. The third-order valence-corrected chi connectivity index (χ3v) is 3.21. The highest BCUT2D eigenvalue weighted by atomic mass is 16.5. The Bertz CT molecular complexity index is 377. The molecule has 0 bridgehead atoms. The van der Waals surface area contributed by atoms with Gasteiger partial charge in [-0.05, 0) is 45.7 Å². The molecule has 1 N–H and O–H groups in total.